The van der Waals surface area contributed by atoms with Gasteiger partial charge >= 0.3 is 0 Å². The van der Waals surface area contributed by atoms with Gasteiger partial charge in [0.15, 0.2) is 0 Å². The highest BCUT2D eigenvalue weighted by atomic mass is 32.1. The second kappa shape index (κ2) is 6.74. The number of H-pyrrole nitrogens is 1. The number of imide groups is 1. The van der Waals surface area contributed by atoms with Crippen molar-refractivity contribution >= 4 is 39.1 Å². The van der Waals surface area contributed by atoms with E-state index in [4.69, 9.17) is 0 Å². The molecule has 2 amide bonds. The van der Waals surface area contributed by atoms with Crippen LogP contribution in [0.25, 0.3) is 15.3 Å². The molecule has 0 saturated carbocycles. The number of nitrogens with zero attached hydrogens (tertiary/aromatic N) is 3. The number of aromatic nitrogens is 3. The lowest BCUT2D eigenvalue weighted by molar-refractivity contribution is -0.121. The number of carbonyl (C=O) groups is 2. The fourth-order valence-corrected chi connectivity index (χ4v) is 4.73. The minimum atomic E-state index is -0.930. The van der Waals surface area contributed by atoms with Gasteiger partial charge in [-0.2, -0.15) is 4.68 Å². The molecule has 9 heteroatoms. The molecule has 1 atom stereocenters. The third-order valence-corrected chi connectivity index (χ3v) is 6.17. The van der Waals surface area contributed by atoms with Gasteiger partial charge in [0, 0.05) is 12.1 Å². The van der Waals surface area contributed by atoms with Crippen molar-refractivity contribution in [2.24, 2.45) is 0 Å². The zero-order valence-corrected chi connectivity index (χ0v) is 16.6. The number of para-hydroxylation sites is 1. The Bertz CT molecular complexity index is 1350. The van der Waals surface area contributed by atoms with Crippen LogP contribution in [0.1, 0.15) is 23.6 Å². The third-order valence-electron chi connectivity index (χ3n) is 5.15. The Hall–Kier alpha value is -3.59. The summed E-state index contributed by atoms with van der Waals surface area (Å²) in [5.41, 5.74) is 1.23. The van der Waals surface area contributed by atoms with Crippen LogP contribution in [0.3, 0.4) is 0 Å². The average molecular weight is 422 g/mol. The highest BCUT2D eigenvalue weighted by Crippen LogP contribution is 2.33. The average Bonchev–Trinajstić information content (AvgIpc) is 3.35. The Morgan fingerprint density at radius 2 is 1.93 bits per heavy atom. The van der Waals surface area contributed by atoms with Crippen molar-refractivity contribution < 1.29 is 14.0 Å². The molecule has 30 heavy (non-hydrogen) atoms. The molecule has 4 aromatic rings. The Morgan fingerprint density at radius 1 is 1.13 bits per heavy atom. The molecule has 150 valence electrons. The van der Waals surface area contributed by atoms with E-state index in [2.05, 4.69) is 10.1 Å². The van der Waals surface area contributed by atoms with E-state index in [1.807, 2.05) is 24.3 Å². The molecule has 1 fully saturated rings. The first-order valence-electron chi connectivity index (χ1n) is 9.24. The monoisotopic (exact) mass is 422 g/mol. The number of halogens is 1. The van der Waals surface area contributed by atoms with Crippen LogP contribution in [-0.4, -0.2) is 26.6 Å². The van der Waals surface area contributed by atoms with Gasteiger partial charge in [0.05, 0.1) is 27.4 Å². The maximum Gasteiger partial charge on any atom is 0.277 e. The smallest absolute Gasteiger partial charge is 0.277 e. The lowest BCUT2D eigenvalue weighted by atomic mass is 9.98. The summed E-state index contributed by atoms with van der Waals surface area (Å²) in [4.78, 5) is 44.2. The van der Waals surface area contributed by atoms with Crippen LogP contribution in [0.4, 0.5) is 10.1 Å². The molecule has 5 rings (SSSR count). The molecule has 1 aliphatic rings. The number of amides is 2. The van der Waals surface area contributed by atoms with Crippen LogP contribution < -0.4 is 10.5 Å². The summed E-state index contributed by atoms with van der Waals surface area (Å²) in [6, 6.07) is 12.8. The van der Waals surface area contributed by atoms with Crippen molar-refractivity contribution in [3.8, 4) is 5.13 Å². The predicted molar refractivity (Wildman–Crippen MR) is 111 cm³/mol. The van der Waals surface area contributed by atoms with Gasteiger partial charge in [-0.25, -0.2) is 14.3 Å². The van der Waals surface area contributed by atoms with E-state index in [9.17, 15) is 18.8 Å². The lowest BCUT2D eigenvalue weighted by Crippen LogP contribution is -2.31. The molecular weight excluding hydrogens is 407 g/mol. The fourth-order valence-electron chi connectivity index (χ4n) is 3.80. The summed E-state index contributed by atoms with van der Waals surface area (Å²) in [5, 5.41) is 3.43. The van der Waals surface area contributed by atoms with Crippen LogP contribution in [0.5, 0.6) is 0 Å². The van der Waals surface area contributed by atoms with Crippen molar-refractivity contribution in [3.05, 3.63) is 76.0 Å². The molecule has 0 radical (unpaired) electrons. The highest BCUT2D eigenvalue weighted by molar-refractivity contribution is 7.20. The van der Waals surface area contributed by atoms with Crippen molar-refractivity contribution in [3.63, 3.8) is 0 Å². The Morgan fingerprint density at radius 3 is 2.70 bits per heavy atom. The molecule has 2 aromatic carbocycles. The number of hydrogen-bond acceptors (Lipinski definition) is 5. The second-order valence-electron chi connectivity index (χ2n) is 7.06. The first-order valence-corrected chi connectivity index (χ1v) is 10.1. The number of thiazole rings is 1. The number of carbonyl (C=O) groups excluding carboxylic acids is 2. The standard InChI is InChI=1S/C21H15FN4O3S/c1-11-18(14-10-17(27)25(19(14)28)13-6-4-5-12(22)9-13)20(29)26(24-11)21-23-15-7-2-3-8-16(15)30-21/h2-9,14,24H,10H2,1H3/t14-/m0/s1. The molecule has 7 nitrogen and oxygen atoms in total. The molecule has 0 bridgehead atoms. The summed E-state index contributed by atoms with van der Waals surface area (Å²) < 4.78 is 15.8. The van der Waals surface area contributed by atoms with Gasteiger partial charge in [0.25, 0.3) is 5.56 Å². The van der Waals surface area contributed by atoms with Gasteiger partial charge < -0.3 is 0 Å². The van der Waals surface area contributed by atoms with Gasteiger partial charge in [-0.15, -0.1) is 0 Å². The van der Waals surface area contributed by atoms with Gasteiger partial charge in [-0.05, 0) is 37.3 Å². The molecule has 0 unspecified atom stereocenters. The van der Waals surface area contributed by atoms with Crippen LogP contribution in [0.2, 0.25) is 0 Å². The van der Waals surface area contributed by atoms with Gasteiger partial charge in [0.1, 0.15) is 5.82 Å². The van der Waals surface area contributed by atoms with Crippen LogP contribution in [-0.2, 0) is 9.59 Å². The summed E-state index contributed by atoms with van der Waals surface area (Å²) in [7, 11) is 0. The van der Waals surface area contributed by atoms with E-state index < -0.39 is 29.1 Å². The summed E-state index contributed by atoms with van der Waals surface area (Å²) >= 11 is 1.35. The topological polar surface area (TPSA) is 88.1 Å². The van der Waals surface area contributed by atoms with Gasteiger partial charge in [0.2, 0.25) is 16.9 Å². The van der Waals surface area contributed by atoms with E-state index >= 15 is 0 Å². The number of hydrogen-bond donors (Lipinski definition) is 1. The fraction of sp³-hybridized carbons (Fsp3) is 0.143. The Kier molecular flexibility index (Phi) is 4.14. The van der Waals surface area contributed by atoms with E-state index in [0.717, 1.165) is 21.2 Å². The first-order chi connectivity index (χ1) is 14.4. The SMILES string of the molecule is Cc1[nH]n(-c2nc3ccccc3s2)c(=O)c1[C@@H]1CC(=O)N(c2cccc(F)c2)C1=O. The number of fused-ring (bicyclic) bond motifs is 1. The molecule has 1 N–H and O–H groups in total. The van der Waals surface area contributed by atoms with E-state index in [1.165, 1.54) is 34.2 Å². The van der Waals surface area contributed by atoms with Crippen molar-refractivity contribution in [1.29, 1.82) is 0 Å². The minimum Gasteiger partial charge on any atom is -0.293 e. The quantitative estimate of drug-likeness (QED) is 0.514. The normalized spacial score (nSPS) is 16.7. The third kappa shape index (κ3) is 2.78. The molecular formula is C21H15FN4O3S. The lowest BCUT2D eigenvalue weighted by Gasteiger charge is -2.14. The summed E-state index contributed by atoms with van der Waals surface area (Å²) in [6.07, 6.45) is -0.150. The number of nitrogens with one attached hydrogen (secondary N) is 1. The number of aromatic amines is 1. The Labute approximate surface area is 173 Å². The van der Waals surface area contributed by atoms with Crippen LogP contribution in [0.15, 0.2) is 53.3 Å². The number of aryl methyl sites for hydroxylation is 1. The number of benzene rings is 2. The second-order valence-corrected chi connectivity index (χ2v) is 8.07. The van der Waals surface area contributed by atoms with Gasteiger partial charge in [-0.1, -0.05) is 29.5 Å². The summed E-state index contributed by atoms with van der Waals surface area (Å²) in [6.45, 7) is 1.68. The zero-order chi connectivity index (χ0) is 21.0. The molecule has 1 aliphatic heterocycles. The van der Waals surface area contributed by atoms with Crippen LogP contribution in [0, 0.1) is 12.7 Å². The number of rotatable bonds is 3. The van der Waals surface area contributed by atoms with Crippen molar-refractivity contribution in [1.82, 2.24) is 14.8 Å². The predicted octanol–water partition coefficient (Wildman–Crippen LogP) is 3.27. The molecule has 0 spiro atoms. The molecule has 3 heterocycles. The minimum absolute atomic E-state index is 0.150. The molecule has 1 saturated heterocycles. The first kappa shape index (κ1) is 18.4. The van der Waals surface area contributed by atoms with Crippen molar-refractivity contribution in [2.75, 3.05) is 4.90 Å². The Balaban J connectivity index is 1.56. The van der Waals surface area contributed by atoms with E-state index in [1.54, 1.807) is 6.92 Å². The van der Waals surface area contributed by atoms with Crippen LogP contribution >= 0.6 is 11.3 Å². The molecule has 0 aliphatic carbocycles. The highest BCUT2D eigenvalue weighted by Gasteiger charge is 2.43. The zero-order valence-electron chi connectivity index (χ0n) is 15.8. The maximum atomic E-state index is 13.6. The molecule has 2 aromatic heterocycles. The van der Waals surface area contributed by atoms with Crippen molar-refractivity contribution in [2.45, 2.75) is 19.3 Å². The largest absolute Gasteiger partial charge is 0.293 e. The summed E-state index contributed by atoms with van der Waals surface area (Å²) in [5.74, 6) is -2.49. The van der Waals surface area contributed by atoms with E-state index in [0.29, 0.717) is 10.8 Å². The van der Waals surface area contributed by atoms with Gasteiger partial charge in [-0.3, -0.25) is 19.5 Å². The maximum absolute atomic E-state index is 13.6. The van der Waals surface area contributed by atoms with E-state index in [-0.39, 0.29) is 17.7 Å². The number of anilines is 1.